The third-order valence-corrected chi connectivity index (χ3v) is 3.90. The van der Waals surface area contributed by atoms with Crippen molar-refractivity contribution < 1.29 is 17.6 Å². The molecule has 2 aliphatic rings. The van der Waals surface area contributed by atoms with Crippen molar-refractivity contribution in [1.29, 1.82) is 0 Å². The fourth-order valence-electron chi connectivity index (χ4n) is 2.85. The van der Waals surface area contributed by atoms with Crippen LogP contribution in [-0.2, 0) is 11.6 Å². The summed E-state index contributed by atoms with van der Waals surface area (Å²) in [6.45, 7) is 1.50. The fraction of sp³-hybridized carbons (Fsp3) is 0.500. The van der Waals surface area contributed by atoms with Crippen molar-refractivity contribution in [1.82, 2.24) is 5.32 Å². The van der Waals surface area contributed by atoms with Gasteiger partial charge in [0.05, 0.1) is 5.56 Å². The van der Waals surface area contributed by atoms with Gasteiger partial charge in [-0.25, -0.2) is 4.39 Å². The Hall–Kier alpha value is -1.10. The van der Waals surface area contributed by atoms with Crippen LogP contribution in [0.1, 0.15) is 17.5 Å². The Morgan fingerprint density at radius 3 is 2.53 bits per heavy atom. The molecule has 1 heterocycles. The molecule has 0 amide bonds. The third kappa shape index (κ3) is 1.56. The average Bonchev–Trinajstić information content (AvgIpc) is 2.80. The van der Waals surface area contributed by atoms with Gasteiger partial charge in [0.1, 0.15) is 5.82 Å². The number of hydrogen-bond acceptors (Lipinski definition) is 1. The van der Waals surface area contributed by atoms with E-state index in [0.29, 0.717) is 24.1 Å². The monoisotopic (exact) mass is 245 g/mol. The Morgan fingerprint density at radius 2 is 2.06 bits per heavy atom. The van der Waals surface area contributed by atoms with Crippen LogP contribution in [0.4, 0.5) is 17.6 Å². The van der Waals surface area contributed by atoms with Crippen LogP contribution < -0.4 is 5.32 Å². The average molecular weight is 245 g/mol. The Bertz CT molecular complexity index is 468. The molecule has 0 aromatic heterocycles. The minimum absolute atomic E-state index is 0.242. The van der Waals surface area contributed by atoms with E-state index in [-0.39, 0.29) is 5.41 Å². The first-order valence-corrected chi connectivity index (χ1v) is 5.51. The second-order valence-corrected chi connectivity index (χ2v) is 4.88. The number of rotatable bonds is 1. The Morgan fingerprint density at radius 1 is 1.29 bits per heavy atom. The standard InChI is InChI=1S/C12H11F4N/c13-10-3-7(12(14,15)16)1-2-9(10)11-4-8(11)5-17-6-11/h1-3,8,17H,4-6H2/t8-,11-/m1/s1. The molecule has 5 heteroatoms. The van der Waals surface area contributed by atoms with Crippen LogP contribution in [-0.4, -0.2) is 13.1 Å². The number of hydrogen-bond donors (Lipinski definition) is 1. The summed E-state index contributed by atoms with van der Waals surface area (Å²) in [5.41, 5.74) is -0.729. The first-order valence-electron chi connectivity index (χ1n) is 5.51. The highest BCUT2D eigenvalue weighted by molar-refractivity contribution is 5.40. The molecule has 17 heavy (non-hydrogen) atoms. The maximum atomic E-state index is 13.8. The van der Waals surface area contributed by atoms with Gasteiger partial charge < -0.3 is 5.32 Å². The van der Waals surface area contributed by atoms with Crippen LogP contribution in [0.2, 0.25) is 0 Å². The molecule has 1 aromatic rings. The van der Waals surface area contributed by atoms with Gasteiger partial charge in [0.25, 0.3) is 0 Å². The van der Waals surface area contributed by atoms with Gasteiger partial charge in [-0.2, -0.15) is 13.2 Å². The maximum absolute atomic E-state index is 13.8. The van der Waals surface area contributed by atoms with E-state index in [4.69, 9.17) is 0 Å². The van der Waals surface area contributed by atoms with Crippen molar-refractivity contribution in [3.8, 4) is 0 Å². The molecule has 1 aromatic carbocycles. The number of piperidine rings is 1. The second kappa shape index (κ2) is 3.22. The van der Waals surface area contributed by atoms with Gasteiger partial charge in [-0.3, -0.25) is 0 Å². The molecule has 3 rings (SSSR count). The lowest BCUT2D eigenvalue weighted by Crippen LogP contribution is -2.20. The normalized spacial score (nSPS) is 31.4. The van der Waals surface area contributed by atoms with E-state index in [0.717, 1.165) is 19.0 Å². The molecule has 1 aliphatic heterocycles. The highest BCUT2D eigenvalue weighted by Gasteiger charge is 2.59. The zero-order valence-electron chi connectivity index (χ0n) is 8.94. The van der Waals surface area contributed by atoms with Crippen LogP contribution in [0.3, 0.4) is 0 Å². The fourth-order valence-corrected chi connectivity index (χ4v) is 2.85. The lowest BCUT2D eigenvalue weighted by molar-refractivity contribution is -0.137. The van der Waals surface area contributed by atoms with E-state index in [1.807, 2.05) is 0 Å². The van der Waals surface area contributed by atoms with E-state index >= 15 is 0 Å². The first kappa shape index (κ1) is 11.0. The van der Waals surface area contributed by atoms with E-state index in [2.05, 4.69) is 5.32 Å². The lowest BCUT2D eigenvalue weighted by Gasteiger charge is -2.15. The van der Waals surface area contributed by atoms with Crippen LogP contribution in [0.5, 0.6) is 0 Å². The number of nitrogens with one attached hydrogen (secondary N) is 1. The largest absolute Gasteiger partial charge is 0.416 e. The molecular formula is C12H11F4N. The molecular weight excluding hydrogens is 234 g/mol. The smallest absolute Gasteiger partial charge is 0.316 e. The highest BCUT2D eigenvalue weighted by Crippen LogP contribution is 2.57. The lowest BCUT2D eigenvalue weighted by atomic mass is 9.93. The van der Waals surface area contributed by atoms with Gasteiger partial charge in [0.15, 0.2) is 0 Å². The molecule has 1 saturated carbocycles. The van der Waals surface area contributed by atoms with Crippen LogP contribution in [0.15, 0.2) is 18.2 Å². The predicted octanol–water partition coefficient (Wildman–Crippen LogP) is 2.71. The summed E-state index contributed by atoms with van der Waals surface area (Å²) < 4.78 is 51.0. The number of alkyl halides is 3. The minimum atomic E-state index is -4.48. The van der Waals surface area contributed by atoms with Crippen LogP contribution in [0.25, 0.3) is 0 Å². The summed E-state index contributed by atoms with van der Waals surface area (Å²) in [7, 11) is 0. The van der Waals surface area contributed by atoms with Crippen molar-refractivity contribution >= 4 is 0 Å². The summed E-state index contributed by atoms with van der Waals surface area (Å²) in [6.07, 6.45) is -3.60. The van der Waals surface area contributed by atoms with E-state index in [1.165, 1.54) is 6.07 Å². The molecule has 0 unspecified atom stereocenters. The summed E-state index contributed by atoms with van der Waals surface area (Å²) in [4.78, 5) is 0. The molecule has 1 N–H and O–H groups in total. The van der Waals surface area contributed by atoms with Crippen molar-refractivity contribution in [2.75, 3.05) is 13.1 Å². The number of halogens is 4. The van der Waals surface area contributed by atoms with Gasteiger partial charge in [0.2, 0.25) is 0 Å². The zero-order valence-corrected chi connectivity index (χ0v) is 8.94. The third-order valence-electron chi connectivity index (χ3n) is 3.90. The molecule has 1 saturated heterocycles. The van der Waals surface area contributed by atoms with E-state index in [9.17, 15) is 17.6 Å². The van der Waals surface area contributed by atoms with Gasteiger partial charge in [-0.1, -0.05) is 6.07 Å². The quantitative estimate of drug-likeness (QED) is 0.750. The molecule has 1 nitrogen and oxygen atoms in total. The maximum Gasteiger partial charge on any atom is 0.416 e. The molecule has 92 valence electrons. The highest BCUT2D eigenvalue weighted by atomic mass is 19.4. The molecule has 0 spiro atoms. The molecule has 2 fully saturated rings. The zero-order chi connectivity index (χ0) is 12.3. The summed E-state index contributed by atoms with van der Waals surface area (Å²) in [5, 5.41) is 3.14. The predicted molar refractivity (Wildman–Crippen MR) is 54.1 cm³/mol. The Labute approximate surface area is 95.8 Å². The van der Waals surface area contributed by atoms with E-state index in [1.54, 1.807) is 0 Å². The van der Waals surface area contributed by atoms with Gasteiger partial charge in [-0.15, -0.1) is 0 Å². The van der Waals surface area contributed by atoms with Crippen molar-refractivity contribution in [3.05, 3.63) is 35.1 Å². The summed E-state index contributed by atoms with van der Waals surface area (Å²) in [5.74, 6) is -0.347. The van der Waals surface area contributed by atoms with Gasteiger partial charge in [-0.05, 0) is 36.6 Å². The SMILES string of the molecule is Fc1cc(C(F)(F)F)ccc1[C@]12CNC[C@H]1C2. The molecule has 0 radical (unpaired) electrons. The summed E-state index contributed by atoms with van der Waals surface area (Å²) >= 11 is 0. The topological polar surface area (TPSA) is 12.0 Å². The Balaban J connectivity index is 1.98. The van der Waals surface area contributed by atoms with E-state index < -0.39 is 17.6 Å². The van der Waals surface area contributed by atoms with Gasteiger partial charge in [0, 0.05) is 12.0 Å². The van der Waals surface area contributed by atoms with Gasteiger partial charge >= 0.3 is 6.18 Å². The van der Waals surface area contributed by atoms with Crippen LogP contribution >= 0.6 is 0 Å². The van der Waals surface area contributed by atoms with Crippen molar-refractivity contribution in [2.45, 2.75) is 18.0 Å². The summed E-state index contributed by atoms with van der Waals surface area (Å²) in [6, 6.07) is 2.88. The molecule has 1 aliphatic carbocycles. The minimum Gasteiger partial charge on any atom is -0.316 e. The second-order valence-electron chi connectivity index (χ2n) is 4.88. The Kier molecular flexibility index (Phi) is 2.09. The number of benzene rings is 1. The van der Waals surface area contributed by atoms with Crippen molar-refractivity contribution in [3.63, 3.8) is 0 Å². The number of fused-ring (bicyclic) bond motifs is 1. The molecule has 0 bridgehead atoms. The first-order chi connectivity index (χ1) is 7.93. The van der Waals surface area contributed by atoms with Crippen molar-refractivity contribution in [2.24, 2.45) is 5.92 Å². The molecule has 2 atom stereocenters. The van der Waals surface area contributed by atoms with Crippen LogP contribution in [0, 0.1) is 11.7 Å².